The number of carbonyl (C=O) groups excluding carboxylic acids is 3. The molecule has 2 N–H and O–H groups in total. The number of carbonyl (C=O) groups is 3. The highest BCUT2D eigenvalue weighted by Gasteiger charge is 2.22. The molecule has 4 rings (SSSR count). The van der Waals surface area contributed by atoms with Gasteiger partial charge in [0.1, 0.15) is 23.2 Å². The van der Waals surface area contributed by atoms with Gasteiger partial charge in [0, 0.05) is 23.6 Å². The lowest BCUT2D eigenvalue weighted by atomic mass is 9.99. The molecule has 0 radical (unpaired) electrons. The van der Waals surface area contributed by atoms with Crippen molar-refractivity contribution in [2.45, 2.75) is 13.0 Å². The van der Waals surface area contributed by atoms with Gasteiger partial charge in [-0.25, -0.2) is 9.18 Å². The minimum atomic E-state index is -0.793. The lowest BCUT2D eigenvalue weighted by Crippen LogP contribution is -2.39. The number of ether oxygens (including phenoxy) is 1. The lowest BCUT2D eigenvalue weighted by molar-refractivity contribution is -0.142. The molecule has 0 aliphatic carbocycles. The Bertz CT molecular complexity index is 1430. The minimum Gasteiger partial charge on any atom is -0.467 e. The third-order valence-corrected chi connectivity index (χ3v) is 5.61. The standard InChI is InChI=1S/C27H23FN2O5/c1-15(27(33)34-3)30-25(31)19-6-4-5-17(13-19)18-9-12-22-21(14-18)23(26(32)29-2)24(35-22)16-7-10-20(28)11-8-16/h4-15H,1-3H3,(H,29,32)(H,30,31). The van der Waals surface area contributed by atoms with Crippen LogP contribution in [0.5, 0.6) is 0 Å². The van der Waals surface area contributed by atoms with Crippen LogP contribution in [0.4, 0.5) is 4.39 Å². The molecule has 2 amide bonds. The summed E-state index contributed by atoms with van der Waals surface area (Å²) in [6, 6.07) is 17.2. The average molecular weight is 474 g/mol. The van der Waals surface area contributed by atoms with E-state index in [1.54, 1.807) is 43.3 Å². The summed E-state index contributed by atoms with van der Waals surface area (Å²) >= 11 is 0. The fourth-order valence-electron chi connectivity index (χ4n) is 3.79. The van der Waals surface area contributed by atoms with E-state index >= 15 is 0 Å². The van der Waals surface area contributed by atoms with Crippen LogP contribution in [0.2, 0.25) is 0 Å². The molecule has 0 fully saturated rings. The largest absolute Gasteiger partial charge is 0.467 e. The number of amides is 2. The molecule has 0 spiro atoms. The third-order valence-electron chi connectivity index (χ3n) is 5.61. The normalized spacial score (nSPS) is 11.7. The van der Waals surface area contributed by atoms with Gasteiger partial charge in [0.25, 0.3) is 11.8 Å². The first-order chi connectivity index (χ1) is 16.8. The van der Waals surface area contributed by atoms with E-state index in [0.29, 0.717) is 33.4 Å². The van der Waals surface area contributed by atoms with E-state index in [1.165, 1.54) is 26.3 Å². The molecule has 1 heterocycles. The summed E-state index contributed by atoms with van der Waals surface area (Å²) in [6.07, 6.45) is 0. The molecule has 0 aliphatic rings. The zero-order valence-corrected chi connectivity index (χ0v) is 19.3. The number of rotatable bonds is 6. The molecule has 1 aromatic heterocycles. The van der Waals surface area contributed by atoms with Crippen LogP contribution in [-0.2, 0) is 9.53 Å². The van der Waals surface area contributed by atoms with Gasteiger partial charge in [0.05, 0.1) is 12.7 Å². The van der Waals surface area contributed by atoms with Crippen molar-refractivity contribution in [1.82, 2.24) is 10.6 Å². The van der Waals surface area contributed by atoms with Crippen LogP contribution in [0.15, 0.2) is 71.1 Å². The number of esters is 1. The number of furan rings is 1. The summed E-state index contributed by atoms with van der Waals surface area (Å²) in [4.78, 5) is 37.0. The molecule has 0 saturated carbocycles. The molecule has 0 aliphatic heterocycles. The van der Waals surface area contributed by atoms with Gasteiger partial charge in [-0.15, -0.1) is 0 Å². The van der Waals surface area contributed by atoms with Crippen molar-refractivity contribution in [3.8, 4) is 22.5 Å². The summed E-state index contributed by atoms with van der Waals surface area (Å²) in [6.45, 7) is 1.54. The SMILES string of the molecule is CNC(=O)c1c(-c2ccc(F)cc2)oc2ccc(-c3cccc(C(=O)NC(C)C(=O)OC)c3)cc12. The van der Waals surface area contributed by atoms with E-state index in [-0.39, 0.29) is 5.91 Å². The topological polar surface area (TPSA) is 97.6 Å². The summed E-state index contributed by atoms with van der Waals surface area (Å²) in [5.41, 5.74) is 3.25. The Morgan fingerprint density at radius 2 is 1.60 bits per heavy atom. The highest BCUT2D eigenvalue weighted by atomic mass is 19.1. The van der Waals surface area contributed by atoms with Crippen molar-refractivity contribution in [2.75, 3.05) is 14.2 Å². The predicted octanol–water partition coefficient (Wildman–Crippen LogP) is 4.56. The highest BCUT2D eigenvalue weighted by Crippen LogP contribution is 2.36. The first-order valence-electron chi connectivity index (χ1n) is 10.9. The van der Waals surface area contributed by atoms with E-state index in [4.69, 9.17) is 4.42 Å². The van der Waals surface area contributed by atoms with Crippen LogP contribution >= 0.6 is 0 Å². The number of halogens is 1. The Kier molecular flexibility index (Phi) is 6.64. The van der Waals surface area contributed by atoms with Crippen LogP contribution in [0.3, 0.4) is 0 Å². The van der Waals surface area contributed by atoms with Crippen LogP contribution in [0.25, 0.3) is 33.4 Å². The van der Waals surface area contributed by atoms with Crippen LogP contribution < -0.4 is 10.6 Å². The van der Waals surface area contributed by atoms with Crippen molar-refractivity contribution >= 4 is 28.8 Å². The molecule has 35 heavy (non-hydrogen) atoms. The monoisotopic (exact) mass is 474 g/mol. The Hall–Kier alpha value is -4.46. The molecule has 8 heteroatoms. The third kappa shape index (κ3) is 4.77. The number of hydrogen-bond acceptors (Lipinski definition) is 5. The Balaban J connectivity index is 1.75. The first-order valence-corrected chi connectivity index (χ1v) is 10.9. The molecular formula is C27H23FN2O5. The average Bonchev–Trinajstić information content (AvgIpc) is 3.26. The van der Waals surface area contributed by atoms with Gasteiger partial charge in [-0.2, -0.15) is 0 Å². The maximum Gasteiger partial charge on any atom is 0.328 e. The van der Waals surface area contributed by atoms with E-state index in [9.17, 15) is 18.8 Å². The van der Waals surface area contributed by atoms with E-state index < -0.39 is 23.7 Å². The second-order valence-corrected chi connectivity index (χ2v) is 7.90. The van der Waals surface area contributed by atoms with Gasteiger partial charge in [-0.05, 0) is 66.6 Å². The van der Waals surface area contributed by atoms with Gasteiger partial charge < -0.3 is 19.8 Å². The van der Waals surface area contributed by atoms with Crippen LogP contribution in [0, 0.1) is 5.82 Å². The van der Waals surface area contributed by atoms with Gasteiger partial charge in [-0.3, -0.25) is 9.59 Å². The first kappa shape index (κ1) is 23.7. The zero-order chi connectivity index (χ0) is 25.1. The molecule has 1 unspecified atom stereocenters. The van der Waals surface area contributed by atoms with Crippen LogP contribution in [-0.4, -0.2) is 38.0 Å². The van der Waals surface area contributed by atoms with Crippen molar-refractivity contribution in [1.29, 1.82) is 0 Å². The van der Waals surface area contributed by atoms with Gasteiger partial charge in [0.15, 0.2) is 0 Å². The van der Waals surface area contributed by atoms with Crippen molar-refractivity contribution in [3.05, 3.63) is 83.7 Å². The molecular weight excluding hydrogens is 451 g/mol. The van der Waals surface area contributed by atoms with Crippen LogP contribution in [0.1, 0.15) is 27.6 Å². The fraction of sp³-hybridized carbons (Fsp3) is 0.148. The molecule has 4 aromatic rings. The smallest absolute Gasteiger partial charge is 0.328 e. The minimum absolute atomic E-state index is 0.330. The molecule has 0 saturated heterocycles. The van der Waals surface area contributed by atoms with E-state index in [2.05, 4.69) is 15.4 Å². The van der Waals surface area contributed by atoms with Gasteiger partial charge in [0.2, 0.25) is 0 Å². The maximum atomic E-state index is 13.4. The second kappa shape index (κ2) is 9.80. The molecule has 0 bridgehead atoms. The van der Waals surface area contributed by atoms with Crippen molar-refractivity contribution in [3.63, 3.8) is 0 Å². The number of methoxy groups -OCH3 is 1. The van der Waals surface area contributed by atoms with Crippen molar-refractivity contribution < 1.29 is 27.9 Å². The number of benzene rings is 3. The zero-order valence-electron chi connectivity index (χ0n) is 19.3. The Morgan fingerprint density at radius 1 is 0.914 bits per heavy atom. The predicted molar refractivity (Wildman–Crippen MR) is 129 cm³/mol. The fourth-order valence-corrected chi connectivity index (χ4v) is 3.79. The summed E-state index contributed by atoms with van der Waals surface area (Å²) in [7, 11) is 2.78. The van der Waals surface area contributed by atoms with Gasteiger partial charge in [-0.1, -0.05) is 18.2 Å². The van der Waals surface area contributed by atoms with Gasteiger partial charge >= 0.3 is 5.97 Å². The Morgan fingerprint density at radius 3 is 2.29 bits per heavy atom. The summed E-state index contributed by atoms with van der Waals surface area (Å²) < 4.78 is 24.1. The van der Waals surface area contributed by atoms with E-state index in [1.807, 2.05) is 18.2 Å². The number of nitrogens with one attached hydrogen (secondary N) is 2. The molecule has 7 nitrogen and oxygen atoms in total. The highest BCUT2D eigenvalue weighted by molar-refractivity contribution is 6.12. The molecule has 178 valence electrons. The maximum absolute atomic E-state index is 13.4. The lowest BCUT2D eigenvalue weighted by Gasteiger charge is -2.12. The number of fused-ring (bicyclic) bond motifs is 1. The summed E-state index contributed by atoms with van der Waals surface area (Å²) in [5, 5.41) is 5.82. The Labute approximate surface area is 200 Å². The second-order valence-electron chi connectivity index (χ2n) is 7.90. The van der Waals surface area contributed by atoms with Crippen molar-refractivity contribution in [2.24, 2.45) is 0 Å². The quantitative estimate of drug-likeness (QED) is 0.400. The number of hydrogen-bond donors (Lipinski definition) is 2. The molecule has 3 aromatic carbocycles. The van der Waals surface area contributed by atoms with E-state index in [0.717, 1.165) is 11.1 Å². The summed E-state index contributed by atoms with van der Waals surface area (Å²) in [5.74, 6) is -1.36. The molecule has 1 atom stereocenters.